The Kier molecular flexibility index (Phi) is 6.61. The highest BCUT2D eigenvalue weighted by Gasteiger charge is 2.16. The number of amides is 1. The summed E-state index contributed by atoms with van der Waals surface area (Å²) in [5, 5.41) is 16.5. The minimum absolute atomic E-state index is 0.112. The molecule has 0 radical (unpaired) electrons. The number of benzene rings is 2. The van der Waals surface area contributed by atoms with Crippen molar-refractivity contribution in [3.63, 3.8) is 0 Å². The Hall–Kier alpha value is -2.21. The molecule has 140 valence electrons. The minimum atomic E-state index is -0.604. The van der Waals surface area contributed by atoms with E-state index in [1.807, 2.05) is 66.9 Å². The maximum Gasteiger partial charge on any atom is 0.226 e. The number of thiazole rings is 1. The molecule has 0 bridgehead atoms. The summed E-state index contributed by atoms with van der Waals surface area (Å²) in [7, 11) is 0. The predicted octanol–water partition coefficient (Wildman–Crippen LogP) is 4.63. The summed E-state index contributed by atoms with van der Waals surface area (Å²) < 4.78 is 0. The molecule has 2 aromatic carbocycles. The average molecular weight is 401 g/mol. The van der Waals surface area contributed by atoms with Crippen molar-refractivity contribution in [3.05, 3.63) is 76.3 Å². The molecule has 2 atom stereocenters. The van der Waals surface area contributed by atoms with Crippen LogP contribution in [0.4, 0.5) is 0 Å². The first-order valence-electron chi connectivity index (χ1n) is 8.74. The van der Waals surface area contributed by atoms with Gasteiger partial charge in [0.15, 0.2) is 0 Å². The third-order valence-corrected chi connectivity index (χ3v) is 5.42. The Labute approximate surface area is 167 Å². The lowest BCUT2D eigenvalue weighted by molar-refractivity contribution is -0.121. The molecule has 0 aliphatic heterocycles. The largest absolute Gasteiger partial charge is 0.388 e. The van der Waals surface area contributed by atoms with E-state index in [1.165, 1.54) is 11.3 Å². The number of nitrogens with one attached hydrogen (secondary N) is 1. The number of aliphatic hydroxyl groups is 1. The first kappa shape index (κ1) is 19.5. The van der Waals surface area contributed by atoms with Gasteiger partial charge < -0.3 is 10.4 Å². The number of carbonyl (C=O) groups is 1. The lowest BCUT2D eigenvalue weighted by atomic mass is 10.0. The van der Waals surface area contributed by atoms with Gasteiger partial charge in [-0.05, 0) is 25.0 Å². The maximum atomic E-state index is 12.3. The van der Waals surface area contributed by atoms with E-state index in [1.54, 1.807) is 0 Å². The molecule has 2 N–H and O–H groups in total. The van der Waals surface area contributed by atoms with Crippen LogP contribution in [0.5, 0.6) is 0 Å². The molecule has 27 heavy (non-hydrogen) atoms. The standard InChI is InChI=1S/C21H21ClN2O2S/c1-14(11-19(25)15-7-3-2-4-8-15)23-20(26)12-16-13-27-21(24-16)17-9-5-6-10-18(17)22/h2-10,13-14,19,25H,11-12H2,1H3,(H,23,26). The SMILES string of the molecule is CC(CC(O)c1ccccc1)NC(=O)Cc1csc(-c2ccccc2Cl)n1. The summed E-state index contributed by atoms with van der Waals surface area (Å²) in [5.74, 6) is -0.112. The Morgan fingerprint density at radius 2 is 1.89 bits per heavy atom. The first-order valence-corrected chi connectivity index (χ1v) is 10.0. The summed E-state index contributed by atoms with van der Waals surface area (Å²) in [6.07, 6.45) is 0.0531. The summed E-state index contributed by atoms with van der Waals surface area (Å²) in [6, 6.07) is 16.8. The van der Waals surface area contributed by atoms with E-state index in [9.17, 15) is 9.90 Å². The molecule has 0 aliphatic carbocycles. The molecule has 0 aliphatic rings. The third-order valence-electron chi connectivity index (χ3n) is 4.17. The monoisotopic (exact) mass is 400 g/mol. The fourth-order valence-corrected chi connectivity index (χ4v) is 3.98. The van der Waals surface area contributed by atoms with Crippen molar-refractivity contribution in [1.82, 2.24) is 10.3 Å². The van der Waals surface area contributed by atoms with Crippen molar-refractivity contribution < 1.29 is 9.90 Å². The Balaban J connectivity index is 1.54. The second-order valence-corrected chi connectivity index (χ2v) is 7.70. The Bertz CT molecular complexity index is 898. The molecule has 0 spiro atoms. The average Bonchev–Trinajstić information content (AvgIpc) is 3.10. The Morgan fingerprint density at radius 3 is 2.63 bits per heavy atom. The van der Waals surface area contributed by atoms with Crippen molar-refractivity contribution in [2.75, 3.05) is 0 Å². The quantitative estimate of drug-likeness (QED) is 0.607. The van der Waals surface area contributed by atoms with Crippen molar-refractivity contribution in [3.8, 4) is 10.6 Å². The highest BCUT2D eigenvalue weighted by Crippen LogP contribution is 2.30. The topological polar surface area (TPSA) is 62.2 Å². The predicted molar refractivity (Wildman–Crippen MR) is 110 cm³/mol. The zero-order valence-corrected chi connectivity index (χ0v) is 16.5. The normalized spacial score (nSPS) is 13.1. The molecule has 0 fully saturated rings. The van der Waals surface area contributed by atoms with E-state index in [-0.39, 0.29) is 18.4 Å². The number of halogens is 1. The minimum Gasteiger partial charge on any atom is -0.388 e. The Morgan fingerprint density at radius 1 is 1.19 bits per heavy atom. The zero-order valence-electron chi connectivity index (χ0n) is 14.9. The molecule has 3 rings (SSSR count). The molecule has 1 heterocycles. The van der Waals surface area contributed by atoms with Gasteiger partial charge in [-0.25, -0.2) is 4.98 Å². The molecule has 0 saturated heterocycles. The van der Waals surface area contributed by atoms with Crippen LogP contribution in [-0.4, -0.2) is 22.0 Å². The number of aromatic nitrogens is 1. The van der Waals surface area contributed by atoms with Crippen molar-refractivity contribution >= 4 is 28.8 Å². The number of aliphatic hydroxyl groups excluding tert-OH is 1. The van der Waals surface area contributed by atoms with Gasteiger partial charge in [0.1, 0.15) is 5.01 Å². The highest BCUT2D eigenvalue weighted by molar-refractivity contribution is 7.13. The molecule has 2 unspecified atom stereocenters. The molecule has 4 nitrogen and oxygen atoms in total. The van der Waals surface area contributed by atoms with Gasteiger partial charge >= 0.3 is 0 Å². The van der Waals surface area contributed by atoms with Gasteiger partial charge in [-0.1, -0.05) is 60.1 Å². The molecule has 0 saturated carbocycles. The second kappa shape index (κ2) is 9.13. The summed E-state index contributed by atoms with van der Waals surface area (Å²) in [5.41, 5.74) is 2.43. The van der Waals surface area contributed by atoms with Gasteiger partial charge in [-0.2, -0.15) is 0 Å². The van der Waals surface area contributed by atoms with Crippen molar-refractivity contribution in [2.24, 2.45) is 0 Å². The van der Waals surface area contributed by atoms with Crippen LogP contribution in [0.3, 0.4) is 0 Å². The van der Waals surface area contributed by atoms with Crippen LogP contribution >= 0.6 is 22.9 Å². The van der Waals surface area contributed by atoms with Gasteiger partial charge in [0.05, 0.1) is 23.2 Å². The van der Waals surface area contributed by atoms with Gasteiger partial charge in [-0.3, -0.25) is 4.79 Å². The first-order chi connectivity index (χ1) is 13.0. The summed E-state index contributed by atoms with van der Waals surface area (Å²) in [6.45, 7) is 1.89. The number of rotatable bonds is 7. The highest BCUT2D eigenvalue weighted by atomic mass is 35.5. The maximum absolute atomic E-state index is 12.3. The molecule has 3 aromatic rings. The smallest absolute Gasteiger partial charge is 0.226 e. The summed E-state index contributed by atoms with van der Waals surface area (Å²) in [4.78, 5) is 16.8. The third kappa shape index (κ3) is 5.39. The lowest BCUT2D eigenvalue weighted by Gasteiger charge is -2.18. The van der Waals surface area contributed by atoms with Gasteiger partial charge in [0.25, 0.3) is 0 Å². The van der Waals surface area contributed by atoms with Crippen molar-refractivity contribution in [2.45, 2.75) is 31.9 Å². The van der Waals surface area contributed by atoms with E-state index in [4.69, 9.17) is 11.6 Å². The number of nitrogens with zero attached hydrogens (tertiary/aromatic N) is 1. The number of carbonyl (C=O) groups excluding carboxylic acids is 1. The van der Waals surface area contributed by atoms with E-state index >= 15 is 0 Å². The number of hydrogen-bond acceptors (Lipinski definition) is 4. The molecular weight excluding hydrogens is 380 g/mol. The summed E-state index contributed by atoms with van der Waals surface area (Å²) >= 11 is 7.68. The fourth-order valence-electron chi connectivity index (χ4n) is 2.84. The van der Waals surface area contributed by atoms with E-state index in [0.29, 0.717) is 17.1 Å². The molecule has 6 heteroatoms. The van der Waals surface area contributed by atoms with Crippen LogP contribution in [0.2, 0.25) is 5.02 Å². The zero-order chi connectivity index (χ0) is 19.2. The van der Waals surface area contributed by atoms with E-state index < -0.39 is 6.10 Å². The number of hydrogen-bond donors (Lipinski definition) is 2. The van der Waals surface area contributed by atoms with Crippen LogP contribution in [0, 0.1) is 0 Å². The van der Waals surface area contributed by atoms with Crippen LogP contribution in [0.15, 0.2) is 60.0 Å². The van der Waals surface area contributed by atoms with Crippen LogP contribution in [0.1, 0.15) is 30.7 Å². The van der Waals surface area contributed by atoms with Gasteiger partial charge in [0.2, 0.25) is 5.91 Å². The second-order valence-electron chi connectivity index (χ2n) is 6.43. The molecule has 1 amide bonds. The van der Waals surface area contributed by atoms with E-state index in [2.05, 4.69) is 10.3 Å². The molecular formula is C21H21ClN2O2S. The van der Waals surface area contributed by atoms with Crippen LogP contribution < -0.4 is 5.32 Å². The van der Waals surface area contributed by atoms with Gasteiger partial charge in [-0.15, -0.1) is 11.3 Å². The van der Waals surface area contributed by atoms with Gasteiger partial charge in [0, 0.05) is 17.0 Å². The lowest BCUT2D eigenvalue weighted by Crippen LogP contribution is -2.34. The van der Waals surface area contributed by atoms with Crippen molar-refractivity contribution in [1.29, 1.82) is 0 Å². The van der Waals surface area contributed by atoms with Crippen LogP contribution in [0.25, 0.3) is 10.6 Å². The van der Waals surface area contributed by atoms with Crippen LogP contribution in [-0.2, 0) is 11.2 Å². The van der Waals surface area contributed by atoms with E-state index in [0.717, 1.165) is 16.1 Å². The fraction of sp³-hybridized carbons (Fsp3) is 0.238. The molecule has 1 aromatic heterocycles.